The summed E-state index contributed by atoms with van der Waals surface area (Å²) in [6.45, 7) is 2.44. The van der Waals surface area contributed by atoms with E-state index in [4.69, 9.17) is 32.3 Å². The second-order valence-corrected chi connectivity index (χ2v) is 25.8. The molecule has 0 rings (SSSR count). The number of carbonyl (C=O) groups is 3. The highest BCUT2D eigenvalue weighted by atomic mass is 31.2. The van der Waals surface area contributed by atoms with Gasteiger partial charge < -0.3 is 34.2 Å². The summed E-state index contributed by atoms with van der Waals surface area (Å²) in [6, 6.07) is 0. The molecule has 0 saturated carbocycles. The van der Waals surface area contributed by atoms with Gasteiger partial charge in [-0.15, -0.1) is 0 Å². The Balaban J connectivity index is 4.65. The number of unbranched alkanes of at least 4 members (excludes halogenated alkanes) is 22. The molecule has 16 nitrogen and oxygen atoms in total. The minimum Gasteiger partial charge on any atom is -0.463 e. The maximum absolute atomic E-state index is 12.9. The van der Waals surface area contributed by atoms with Gasteiger partial charge >= 0.3 is 33.6 Å². The zero-order chi connectivity index (χ0) is 66.7. The van der Waals surface area contributed by atoms with Crippen LogP contribution in [0.3, 0.4) is 0 Å². The molecule has 5 atom stereocenters. The Bertz CT molecular complexity index is 2140. The van der Waals surface area contributed by atoms with E-state index in [0.717, 1.165) is 154 Å². The van der Waals surface area contributed by atoms with Gasteiger partial charge in [0.05, 0.1) is 26.4 Å². The van der Waals surface area contributed by atoms with Crippen LogP contribution in [0.25, 0.3) is 0 Å². The Morgan fingerprint density at radius 1 is 0.319 bits per heavy atom. The highest BCUT2D eigenvalue weighted by Gasteiger charge is 2.29. The normalized spacial score (nSPS) is 14.9. The number of rotatable bonds is 65. The molecule has 0 spiro atoms. The van der Waals surface area contributed by atoms with E-state index in [9.17, 15) is 43.5 Å². The van der Waals surface area contributed by atoms with E-state index in [-0.39, 0.29) is 19.3 Å². The number of allylic oxidation sites excluding steroid dienone is 20. The molecule has 0 aromatic rings. The molecular formula is C73H124O16P2. The van der Waals surface area contributed by atoms with E-state index in [2.05, 4.69) is 142 Å². The SMILES string of the molecule is CC/C=C\C/C=C\C/C=C\C/C=C\C/C=C\CCCCCC(=O)OCC(COP(=O)(O)OCC(O)COP(=O)(O)OCC(O)COC(=O)CCCCCCCCC/C=C\C/C=C\C/C=C\C/C=C\CCCCC)OC(=O)CCCCCCC/C=C\CCCCCC. The fourth-order valence-corrected chi connectivity index (χ4v) is 10.4. The van der Waals surface area contributed by atoms with Crippen molar-refractivity contribution in [1.29, 1.82) is 0 Å². The van der Waals surface area contributed by atoms with Crippen molar-refractivity contribution in [2.75, 3.05) is 39.6 Å². The van der Waals surface area contributed by atoms with E-state index in [1.165, 1.54) is 51.4 Å². The number of hydrogen-bond donors (Lipinski definition) is 4. The number of aliphatic hydroxyl groups is 2. The van der Waals surface area contributed by atoms with Crippen molar-refractivity contribution in [1.82, 2.24) is 0 Å². The minimum atomic E-state index is -4.94. The minimum absolute atomic E-state index is 0.0838. The van der Waals surface area contributed by atoms with E-state index in [0.29, 0.717) is 19.3 Å². The molecule has 0 radical (unpaired) electrons. The molecule has 522 valence electrons. The summed E-state index contributed by atoms with van der Waals surface area (Å²) in [7, 11) is -9.79. The Kier molecular flexibility index (Phi) is 63.1. The zero-order valence-electron chi connectivity index (χ0n) is 56.5. The van der Waals surface area contributed by atoms with Crippen LogP contribution in [-0.4, -0.2) is 95.9 Å². The van der Waals surface area contributed by atoms with Crippen LogP contribution in [0.4, 0.5) is 0 Å². The zero-order valence-corrected chi connectivity index (χ0v) is 58.3. The van der Waals surface area contributed by atoms with Gasteiger partial charge in [-0.05, 0) is 135 Å². The average molecular weight is 1320 g/mol. The first-order chi connectivity index (χ1) is 44.2. The Labute approximate surface area is 551 Å². The van der Waals surface area contributed by atoms with Crippen molar-refractivity contribution in [3.05, 3.63) is 122 Å². The number of carbonyl (C=O) groups excluding carboxylic acids is 3. The summed E-state index contributed by atoms with van der Waals surface area (Å²) < 4.78 is 60.8. The summed E-state index contributed by atoms with van der Waals surface area (Å²) in [5, 5.41) is 20.6. The second kappa shape index (κ2) is 66.0. The topological polar surface area (TPSA) is 231 Å². The Morgan fingerprint density at radius 3 is 0.967 bits per heavy atom. The molecule has 0 bridgehead atoms. The molecule has 4 N–H and O–H groups in total. The van der Waals surface area contributed by atoms with Crippen molar-refractivity contribution in [2.45, 2.75) is 283 Å². The Hall–Kier alpha value is -4.05. The van der Waals surface area contributed by atoms with Crippen molar-refractivity contribution in [3.8, 4) is 0 Å². The number of phosphoric acid groups is 2. The summed E-state index contributed by atoms with van der Waals surface area (Å²) in [5.74, 6) is -1.64. The standard InChI is InChI=1S/C73H124O16P2/c1-4-7-10-13-16-19-22-25-27-29-31-32-33-34-36-38-39-42-44-47-50-53-56-59-71(76)83-62-68(74)63-85-90(79,80)86-64-69(75)65-87-91(81,82)88-67-70(89-73(78)61-58-55-52-49-46-41-24-21-18-15-12-9-6-3)66-84-72(77)60-57-54-51-48-45-43-40-37-35-30-28-26-23-20-17-14-11-8-5-2/h8,11,16-17,19-21,24-28,31-32,34-37,43,45,68-70,74-75H,4-7,9-10,12-15,18,22-23,29-30,33,38-42,44,46-67H2,1-3H3,(H,79,80)(H,81,82)/b11-8-,19-16-,20-17-,24-21-,27-25-,28-26-,32-31-,36-34-,37-35-,45-43-. The first-order valence-corrected chi connectivity index (χ1v) is 37.8. The fourth-order valence-electron chi connectivity index (χ4n) is 8.81. The summed E-state index contributed by atoms with van der Waals surface area (Å²) >= 11 is 0. The van der Waals surface area contributed by atoms with Crippen molar-refractivity contribution < 1.29 is 75.8 Å². The summed E-state index contributed by atoms with van der Waals surface area (Å²) in [5.41, 5.74) is 0. The van der Waals surface area contributed by atoms with Gasteiger partial charge in [0.2, 0.25) is 0 Å². The van der Waals surface area contributed by atoms with Crippen LogP contribution in [0.2, 0.25) is 0 Å². The first-order valence-electron chi connectivity index (χ1n) is 34.8. The maximum Gasteiger partial charge on any atom is 0.472 e. The van der Waals surface area contributed by atoms with E-state index in [1.807, 2.05) is 0 Å². The molecule has 0 aliphatic heterocycles. The molecule has 0 fully saturated rings. The lowest BCUT2D eigenvalue weighted by Gasteiger charge is -2.21. The van der Waals surface area contributed by atoms with E-state index >= 15 is 0 Å². The summed E-state index contributed by atoms with van der Waals surface area (Å²) in [4.78, 5) is 58.4. The predicted octanol–water partition coefficient (Wildman–Crippen LogP) is 19.4. The van der Waals surface area contributed by atoms with Crippen LogP contribution in [0.1, 0.15) is 265 Å². The predicted molar refractivity (Wildman–Crippen MR) is 371 cm³/mol. The molecule has 91 heavy (non-hydrogen) atoms. The molecule has 0 amide bonds. The van der Waals surface area contributed by atoms with Gasteiger partial charge in [-0.3, -0.25) is 32.5 Å². The quantitative estimate of drug-likeness (QED) is 0.0146. The van der Waals surface area contributed by atoms with Gasteiger partial charge in [0.15, 0.2) is 6.10 Å². The van der Waals surface area contributed by atoms with Gasteiger partial charge in [0, 0.05) is 19.3 Å². The van der Waals surface area contributed by atoms with Crippen LogP contribution in [0, 0.1) is 0 Å². The highest BCUT2D eigenvalue weighted by molar-refractivity contribution is 7.47. The third kappa shape index (κ3) is 67.2. The maximum atomic E-state index is 12.9. The molecule has 0 aromatic carbocycles. The van der Waals surface area contributed by atoms with Gasteiger partial charge in [-0.2, -0.15) is 0 Å². The summed E-state index contributed by atoms with van der Waals surface area (Å²) in [6.07, 6.45) is 75.3. The van der Waals surface area contributed by atoms with Crippen molar-refractivity contribution in [2.24, 2.45) is 0 Å². The fraction of sp³-hybridized carbons (Fsp3) is 0.685. The van der Waals surface area contributed by atoms with Gasteiger partial charge in [-0.25, -0.2) is 9.13 Å². The van der Waals surface area contributed by atoms with E-state index in [1.54, 1.807) is 0 Å². The van der Waals surface area contributed by atoms with Gasteiger partial charge in [0.1, 0.15) is 25.4 Å². The molecule has 5 unspecified atom stereocenters. The Morgan fingerprint density at radius 2 is 0.582 bits per heavy atom. The number of hydrogen-bond acceptors (Lipinski definition) is 14. The lowest BCUT2D eigenvalue weighted by Crippen LogP contribution is -2.30. The molecule has 0 aromatic heterocycles. The molecular weight excluding hydrogens is 1190 g/mol. The third-order valence-corrected chi connectivity index (χ3v) is 16.0. The lowest BCUT2D eigenvalue weighted by atomic mass is 10.1. The van der Waals surface area contributed by atoms with Crippen LogP contribution >= 0.6 is 15.6 Å². The van der Waals surface area contributed by atoms with Gasteiger partial charge in [-0.1, -0.05) is 232 Å². The number of esters is 3. The number of aliphatic hydroxyl groups excluding tert-OH is 2. The van der Waals surface area contributed by atoms with Crippen LogP contribution in [0.15, 0.2) is 122 Å². The largest absolute Gasteiger partial charge is 0.472 e. The van der Waals surface area contributed by atoms with E-state index < -0.39 is 91.5 Å². The smallest absolute Gasteiger partial charge is 0.463 e. The molecule has 0 aliphatic carbocycles. The third-order valence-electron chi connectivity index (χ3n) is 14.1. The van der Waals surface area contributed by atoms with Crippen LogP contribution in [0.5, 0.6) is 0 Å². The van der Waals surface area contributed by atoms with Gasteiger partial charge in [0.25, 0.3) is 0 Å². The second-order valence-electron chi connectivity index (χ2n) is 22.9. The van der Waals surface area contributed by atoms with Crippen molar-refractivity contribution >= 4 is 33.6 Å². The molecule has 18 heteroatoms. The number of ether oxygens (including phenoxy) is 3. The monoisotopic (exact) mass is 1320 g/mol. The molecule has 0 saturated heterocycles. The first kappa shape index (κ1) is 87.0. The number of phosphoric ester groups is 2. The average Bonchev–Trinajstić information content (AvgIpc) is 3.74. The molecule has 0 heterocycles. The molecule has 0 aliphatic rings. The van der Waals surface area contributed by atoms with Crippen LogP contribution in [-0.2, 0) is 55.8 Å². The van der Waals surface area contributed by atoms with Crippen LogP contribution < -0.4 is 0 Å². The highest BCUT2D eigenvalue weighted by Crippen LogP contribution is 2.45. The van der Waals surface area contributed by atoms with Crippen molar-refractivity contribution in [3.63, 3.8) is 0 Å². The lowest BCUT2D eigenvalue weighted by molar-refractivity contribution is -0.161.